The average molecular weight is 367 g/mol. The molecule has 1 amide bonds. The quantitative estimate of drug-likeness (QED) is 0.827. The number of piperidine rings is 1. The van der Waals surface area contributed by atoms with Gasteiger partial charge in [-0.3, -0.25) is 4.79 Å². The Labute approximate surface area is 159 Å². The van der Waals surface area contributed by atoms with Gasteiger partial charge in [-0.25, -0.2) is 15.0 Å². The van der Waals surface area contributed by atoms with Crippen LogP contribution in [0, 0.1) is 6.92 Å². The molecular formula is C20H25N5O2. The minimum absolute atomic E-state index is 0.000703. The topological polar surface area (TPSA) is 71.5 Å². The second kappa shape index (κ2) is 8.00. The van der Waals surface area contributed by atoms with Gasteiger partial charge in [0.15, 0.2) is 0 Å². The van der Waals surface area contributed by atoms with Crippen molar-refractivity contribution in [2.45, 2.75) is 25.7 Å². The van der Waals surface area contributed by atoms with E-state index in [0.717, 1.165) is 43.3 Å². The molecule has 2 saturated heterocycles. The fourth-order valence-corrected chi connectivity index (χ4v) is 3.77. The Kier molecular flexibility index (Phi) is 5.29. The van der Waals surface area contributed by atoms with Crippen molar-refractivity contribution >= 4 is 11.7 Å². The Morgan fingerprint density at radius 3 is 2.81 bits per heavy atom. The molecule has 2 fully saturated rings. The van der Waals surface area contributed by atoms with Crippen LogP contribution in [0.4, 0.5) is 5.82 Å². The van der Waals surface area contributed by atoms with E-state index >= 15 is 0 Å². The van der Waals surface area contributed by atoms with E-state index < -0.39 is 0 Å². The van der Waals surface area contributed by atoms with Crippen molar-refractivity contribution in [1.82, 2.24) is 19.9 Å². The third kappa shape index (κ3) is 4.08. The van der Waals surface area contributed by atoms with E-state index in [4.69, 9.17) is 9.72 Å². The number of carbonyl (C=O) groups is 1. The molecule has 7 nitrogen and oxygen atoms in total. The molecule has 0 aliphatic carbocycles. The maximum absolute atomic E-state index is 12.7. The second-order valence-electron chi connectivity index (χ2n) is 7.10. The van der Waals surface area contributed by atoms with Gasteiger partial charge in [0.05, 0.1) is 13.2 Å². The number of hydrogen-bond acceptors (Lipinski definition) is 6. The summed E-state index contributed by atoms with van der Waals surface area (Å²) in [6.07, 6.45) is 3.96. The van der Waals surface area contributed by atoms with Gasteiger partial charge < -0.3 is 14.5 Å². The minimum atomic E-state index is -0.000703. The predicted octanol–water partition coefficient (Wildman–Crippen LogP) is 2.04. The Balaban J connectivity index is 1.50. The van der Waals surface area contributed by atoms with Crippen LogP contribution in [0.15, 0.2) is 30.5 Å². The summed E-state index contributed by atoms with van der Waals surface area (Å²) in [4.78, 5) is 30.3. The van der Waals surface area contributed by atoms with Gasteiger partial charge in [-0.1, -0.05) is 6.07 Å². The third-order valence-corrected chi connectivity index (χ3v) is 5.21. The zero-order valence-corrected chi connectivity index (χ0v) is 15.7. The molecule has 0 bridgehead atoms. The minimum Gasteiger partial charge on any atom is -0.378 e. The monoisotopic (exact) mass is 367 g/mol. The third-order valence-electron chi connectivity index (χ3n) is 5.21. The fraction of sp³-hybridized carbons (Fsp3) is 0.500. The average Bonchev–Trinajstić information content (AvgIpc) is 2.74. The van der Waals surface area contributed by atoms with E-state index in [9.17, 15) is 4.79 Å². The number of rotatable bonds is 3. The lowest BCUT2D eigenvalue weighted by molar-refractivity contribution is 0.0299. The number of anilines is 1. The maximum atomic E-state index is 12.7. The van der Waals surface area contributed by atoms with E-state index in [1.165, 1.54) is 0 Å². The molecule has 0 unspecified atom stereocenters. The second-order valence-corrected chi connectivity index (χ2v) is 7.10. The van der Waals surface area contributed by atoms with E-state index in [1.54, 1.807) is 6.20 Å². The van der Waals surface area contributed by atoms with Crippen molar-refractivity contribution in [3.8, 4) is 0 Å². The maximum Gasteiger partial charge on any atom is 0.272 e. The first-order valence-electron chi connectivity index (χ1n) is 9.59. The van der Waals surface area contributed by atoms with E-state index in [2.05, 4.69) is 14.9 Å². The molecule has 0 radical (unpaired) electrons. The molecule has 27 heavy (non-hydrogen) atoms. The highest BCUT2D eigenvalue weighted by molar-refractivity contribution is 5.92. The van der Waals surface area contributed by atoms with E-state index in [-0.39, 0.29) is 5.91 Å². The number of aromatic nitrogens is 3. The van der Waals surface area contributed by atoms with Gasteiger partial charge in [0.2, 0.25) is 0 Å². The summed E-state index contributed by atoms with van der Waals surface area (Å²) < 4.78 is 5.34. The molecule has 4 heterocycles. The number of carbonyl (C=O) groups excluding carboxylic acids is 1. The van der Waals surface area contributed by atoms with Crippen molar-refractivity contribution in [3.05, 3.63) is 47.7 Å². The van der Waals surface area contributed by atoms with Crippen LogP contribution < -0.4 is 4.90 Å². The number of morpholine rings is 1. The molecule has 0 saturated carbocycles. The van der Waals surface area contributed by atoms with Crippen LogP contribution in [-0.2, 0) is 4.74 Å². The Morgan fingerprint density at radius 2 is 2.00 bits per heavy atom. The molecular weight excluding hydrogens is 342 g/mol. The van der Waals surface area contributed by atoms with Crippen LogP contribution in [0.3, 0.4) is 0 Å². The smallest absolute Gasteiger partial charge is 0.272 e. The Bertz CT molecular complexity index is 806. The summed E-state index contributed by atoms with van der Waals surface area (Å²) in [5.74, 6) is 2.05. The summed E-state index contributed by atoms with van der Waals surface area (Å²) in [5, 5.41) is 0. The summed E-state index contributed by atoms with van der Waals surface area (Å²) in [6, 6.07) is 7.76. The molecule has 1 atom stereocenters. The van der Waals surface area contributed by atoms with Gasteiger partial charge in [0.25, 0.3) is 5.91 Å². The molecule has 0 aromatic carbocycles. The number of amides is 1. The largest absolute Gasteiger partial charge is 0.378 e. The van der Waals surface area contributed by atoms with Crippen molar-refractivity contribution in [1.29, 1.82) is 0 Å². The zero-order valence-electron chi connectivity index (χ0n) is 15.7. The number of nitrogens with zero attached hydrogens (tertiary/aromatic N) is 5. The summed E-state index contributed by atoms with van der Waals surface area (Å²) in [7, 11) is 0. The van der Waals surface area contributed by atoms with E-state index in [0.29, 0.717) is 37.9 Å². The number of ether oxygens (including phenoxy) is 1. The molecule has 7 heteroatoms. The molecule has 0 spiro atoms. The first kappa shape index (κ1) is 17.9. The first-order chi connectivity index (χ1) is 13.2. The first-order valence-corrected chi connectivity index (χ1v) is 9.59. The number of pyridine rings is 1. The van der Waals surface area contributed by atoms with E-state index in [1.807, 2.05) is 36.1 Å². The lowest BCUT2D eigenvalue weighted by Crippen LogP contribution is -2.41. The molecule has 2 aliphatic heterocycles. The van der Waals surface area contributed by atoms with Gasteiger partial charge in [0, 0.05) is 44.0 Å². The van der Waals surface area contributed by atoms with Crippen molar-refractivity contribution in [2.24, 2.45) is 0 Å². The molecule has 0 N–H and O–H groups in total. The van der Waals surface area contributed by atoms with Crippen LogP contribution in [-0.4, -0.2) is 65.2 Å². The summed E-state index contributed by atoms with van der Waals surface area (Å²) in [6.45, 7) is 6.22. The SMILES string of the molecule is Cc1nccc(N2CCC[C@@H](c3cccc(C(=O)N4CCOCC4)n3)C2)n1. The Morgan fingerprint density at radius 1 is 1.15 bits per heavy atom. The van der Waals surface area contributed by atoms with Crippen molar-refractivity contribution in [3.63, 3.8) is 0 Å². The van der Waals surface area contributed by atoms with Crippen molar-refractivity contribution < 1.29 is 9.53 Å². The lowest BCUT2D eigenvalue weighted by Gasteiger charge is -2.33. The van der Waals surface area contributed by atoms with Crippen LogP contribution in [0.1, 0.15) is 40.8 Å². The molecule has 142 valence electrons. The van der Waals surface area contributed by atoms with Gasteiger partial charge in [0.1, 0.15) is 17.3 Å². The van der Waals surface area contributed by atoms with Crippen LogP contribution in [0.5, 0.6) is 0 Å². The standard InChI is InChI=1S/C20H25N5O2/c1-15-21-8-7-19(22-15)25-9-3-4-16(14-25)17-5-2-6-18(23-17)20(26)24-10-12-27-13-11-24/h2,5-8,16H,3-4,9-14H2,1H3/t16-/m1/s1. The summed E-state index contributed by atoms with van der Waals surface area (Å²) in [5.41, 5.74) is 1.52. The van der Waals surface area contributed by atoms with Crippen molar-refractivity contribution in [2.75, 3.05) is 44.3 Å². The lowest BCUT2D eigenvalue weighted by atomic mass is 9.94. The molecule has 2 aliphatic rings. The van der Waals surface area contributed by atoms with Crippen LogP contribution >= 0.6 is 0 Å². The van der Waals surface area contributed by atoms with Crippen LogP contribution in [0.25, 0.3) is 0 Å². The predicted molar refractivity (Wildman–Crippen MR) is 102 cm³/mol. The van der Waals surface area contributed by atoms with Gasteiger partial charge >= 0.3 is 0 Å². The normalized spacial score (nSPS) is 20.6. The fourth-order valence-electron chi connectivity index (χ4n) is 3.77. The zero-order chi connectivity index (χ0) is 18.6. The van der Waals surface area contributed by atoms with Gasteiger partial charge in [-0.15, -0.1) is 0 Å². The highest BCUT2D eigenvalue weighted by Gasteiger charge is 2.25. The molecule has 4 rings (SSSR count). The number of hydrogen-bond donors (Lipinski definition) is 0. The Hall–Kier alpha value is -2.54. The van der Waals surface area contributed by atoms with Crippen LogP contribution in [0.2, 0.25) is 0 Å². The van der Waals surface area contributed by atoms with Gasteiger partial charge in [-0.05, 0) is 38.0 Å². The molecule has 2 aromatic heterocycles. The highest BCUT2D eigenvalue weighted by atomic mass is 16.5. The highest BCUT2D eigenvalue weighted by Crippen LogP contribution is 2.28. The molecule has 2 aromatic rings. The summed E-state index contributed by atoms with van der Waals surface area (Å²) >= 11 is 0. The van der Waals surface area contributed by atoms with Gasteiger partial charge in [-0.2, -0.15) is 0 Å². The number of aryl methyl sites for hydroxylation is 1.